The summed E-state index contributed by atoms with van der Waals surface area (Å²) in [6.45, 7) is 6.91. The van der Waals surface area contributed by atoms with Crippen LogP contribution in [0.5, 0.6) is 11.6 Å². The Morgan fingerprint density at radius 2 is 1.74 bits per heavy atom. The smallest absolute Gasteiger partial charge is 0.387 e. The zero-order valence-electron chi connectivity index (χ0n) is 24.2. The van der Waals surface area contributed by atoms with Crippen LogP contribution in [0.2, 0.25) is 0 Å². The maximum Gasteiger partial charge on any atom is 0.387 e. The van der Waals surface area contributed by atoms with Crippen molar-refractivity contribution >= 4 is 21.9 Å². The Kier molecular flexibility index (Phi) is 8.09. The van der Waals surface area contributed by atoms with Crippen LogP contribution in [0.15, 0.2) is 71.7 Å². The summed E-state index contributed by atoms with van der Waals surface area (Å²) in [7, 11) is 0. The lowest BCUT2D eigenvalue weighted by Crippen LogP contribution is -2.46. The van der Waals surface area contributed by atoms with Gasteiger partial charge in [0.25, 0.3) is 5.56 Å². The summed E-state index contributed by atoms with van der Waals surface area (Å²) < 4.78 is 44.8. The normalized spacial score (nSPS) is 17.6. The highest BCUT2D eigenvalue weighted by Crippen LogP contribution is 2.27. The molecule has 0 aliphatic carbocycles. The SMILES string of the molecule is CCOc1ccc2cc(-c3ccc4nn(CCN5CC(C)OC(C)C5)cc4c3)c(=O)n(-c3ccc(OC(F)F)cc3)c2n1. The lowest BCUT2D eigenvalue weighted by atomic mass is 10.0. The molecule has 4 heterocycles. The average Bonchev–Trinajstić information content (AvgIpc) is 3.38. The highest BCUT2D eigenvalue weighted by atomic mass is 19.3. The molecule has 0 amide bonds. The van der Waals surface area contributed by atoms with Gasteiger partial charge in [0, 0.05) is 48.2 Å². The maximum absolute atomic E-state index is 14.1. The van der Waals surface area contributed by atoms with E-state index in [9.17, 15) is 13.6 Å². The molecule has 0 N–H and O–H groups in total. The van der Waals surface area contributed by atoms with Gasteiger partial charge in [-0.05, 0) is 74.9 Å². The molecule has 3 aromatic heterocycles. The molecule has 5 aromatic rings. The van der Waals surface area contributed by atoms with Crippen molar-refractivity contribution in [1.29, 1.82) is 0 Å². The summed E-state index contributed by atoms with van der Waals surface area (Å²) in [5.41, 5.74) is 2.58. The molecule has 6 rings (SSSR count). The first-order valence-corrected chi connectivity index (χ1v) is 14.4. The van der Waals surface area contributed by atoms with Crippen molar-refractivity contribution in [3.05, 3.63) is 77.2 Å². The standard InChI is InChI=1S/C32H33F2N5O4/c1-4-41-29-12-6-23-16-27(31(40)39(30(23)35-29)25-7-9-26(10-8-25)43-32(33)34)22-5-11-28-24(15-22)19-38(36-28)14-13-37-17-20(2)42-21(3)18-37/h5-12,15-16,19-21,32H,4,13-14,17-18H2,1-3H3. The quantitative estimate of drug-likeness (QED) is 0.224. The van der Waals surface area contributed by atoms with E-state index in [0.29, 0.717) is 29.4 Å². The van der Waals surface area contributed by atoms with Gasteiger partial charge in [0.15, 0.2) is 5.65 Å². The molecule has 1 fully saturated rings. The van der Waals surface area contributed by atoms with E-state index >= 15 is 0 Å². The first-order chi connectivity index (χ1) is 20.8. The minimum atomic E-state index is -2.95. The number of nitrogens with zero attached hydrogens (tertiary/aromatic N) is 5. The molecule has 9 nitrogen and oxygen atoms in total. The zero-order chi connectivity index (χ0) is 30.1. The molecule has 1 aliphatic heterocycles. The van der Waals surface area contributed by atoms with Gasteiger partial charge in [0.05, 0.1) is 36.6 Å². The van der Waals surface area contributed by atoms with Crippen LogP contribution >= 0.6 is 0 Å². The molecule has 1 saturated heterocycles. The lowest BCUT2D eigenvalue weighted by Gasteiger charge is -2.35. The number of rotatable bonds is 9. The van der Waals surface area contributed by atoms with Crippen molar-refractivity contribution in [2.24, 2.45) is 0 Å². The van der Waals surface area contributed by atoms with E-state index < -0.39 is 6.61 Å². The van der Waals surface area contributed by atoms with Gasteiger partial charge in [-0.3, -0.25) is 18.9 Å². The third-order valence-electron chi connectivity index (χ3n) is 7.44. The van der Waals surface area contributed by atoms with Crippen LogP contribution in [0, 0.1) is 0 Å². The Hall–Kier alpha value is -4.35. The summed E-state index contributed by atoms with van der Waals surface area (Å²) in [5, 5.41) is 6.39. The highest BCUT2D eigenvalue weighted by molar-refractivity contribution is 5.88. The molecule has 2 unspecified atom stereocenters. The Morgan fingerprint density at radius 3 is 2.47 bits per heavy atom. The van der Waals surface area contributed by atoms with Crippen LogP contribution in [-0.4, -0.2) is 69.3 Å². The third-order valence-corrected chi connectivity index (χ3v) is 7.44. The van der Waals surface area contributed by atoms with Gasteiger partial charge in [-0.25, -0.2) is 0 Å². The number of benzene rings is 2. The summed E-state index contributed by atoms with van der Waals surface area (Å²) in [4.78, 5) is 21.1. The molecule has 224 valence electrons. The molecule has 1 aliphatic rings. The lowest BCUT2D eigenvalue weighted by molar-refractivity contribution is -0.0687. The van der Waals surface area contributed by atoms with Crippen LogP contribution in [0.1, 0.15) is 20.8 Å². The molecule has 2 atom stereocenters. The van der Waals surface area contributed by atoms with E-state index in [4.69, 9.17) is 14.6 Å². The second-order valence-electron chi connectivity index (χ2n) is 10.7. The number of morpholine rings is 1. The minimum absolute atomic E-state index is 0.00432. The number of hydrogen-bond acceptors (Lipinski definition) is 7. The van der Waals surface area contributed by atoms with E-state index in [1.54, 1.807) is 18.2 Å². The van der Waals surface area contributed by atoms with Gasteiger partial charge in [0.1, 0.15) is 5.75 Å². The van der Waals surface area contributed by atoms with Gasteiger partial charge in [-0.1, -0.05) is 6.07 Å². The fraction of sp³-hybridized carbons (Fsp3) is 0.344. The number of ether oxygens (including phenoxy) is 3. The van der Waals surface area contributed by atoms with E-state index in [-0.39, 0.29) is 23.5 Å². The second-order valence-corrected chi connectivity index (χ2v) is 10.7. The average molecular weight is 590 g/mol. The Labute approximate surface area is 247 Å². The van der Waals surface area contributed by atoms with Crippen molar-refractivity contribution in [3.8, 4) is 28.4 Å². The summed E-state index contributed by atoms with van der Waals surface area (Å²) in [6, 6.07) is 17.1. The summed E-state index contributed by atoms with van der Waals surface area (Å²) in [6.07, 6.45) is 2.42. The molecule has 0 spiro atoms. The topological polar surface area (TPSA) is 83.6 Å². The van der Waals surface area contributed by atoms with Crippen molar-refractivity contribution in [1.82, 2.24) is 24.2 Å². The fourth-order valence-corrected chi connectivity index (χ4v) is 5.69. The molecule has 2 aromatic carbocycles. The van der Waals surface area contributed by atoms with Crippen LogP contribution < -0.4 is 15.0 Å². The van der Waals surface area contributed by atoms with Gasteiger partial charge in [-0.15, -0.1) is 0 Å². The Bertz CT molecular complexity index is 1790. The van der Waals surface area contributed by atoms with Crippen molar-refractivity contribution in [2.75, 3.05) is 26.2 Å². The van der Waals surface area contributed by atoms with Crippen LogP contribution in [0.3, 0.4) is 0 Å². The number of fused-ring (bicyclic) bond motifs is 2. The van der Waals surface area contributed by atoms with E-state index in [0.717, 1.165) is 48.0 Å². The number of halogens is 2. The first-order valence-electron chi connectivity index (χ1n) is 14.4. The predicted molar refractivity (Wildman–Crippen MR) is 160 cm³/mol. The number of alkyl halides is 2. The van der Waals surface area contributed by atoms with E-state index in [2.05, 4.69) is 28.5 Å². The van der Waals surface area contributed by atoms with Crippen molar-refractivity contribution in [2.45, 2.75) is 46.1 Å². The molecular formula is C32H33F2N5O4. The largest absolute Gasteiger partial charge is 0.478 e. The predicted octanol–water partition coefficient (Wildman–Crippen LogP) is 5.51. The number of aromatic nitrogens is 4. The minimum Gasteiger partial charge on any atom is -0.478 e. The molecule has 0 bridgehead atoms. The fourth-order valence-electron chi connectivity index (χ4n) is 5.69. The van der Waals surface area contributed by atoms with Crippen molar-refractivity contribution in [3.63, 3.8) is 0 Å². The van der Waals surface area contributed by atoms with Gasteiger partial charge in [0.2, 0.25) is 5.88 Å². The third kappa shape index (κ3) is 6.23. The van der Waals surface area contributed by atoms with E-state index in [1.165, 1.54) is 16.7 Å². The maximum atomic E-state index is 14.1. The van der Waals surface area contributed by atoms with Gasteiger partial charge >= 0.3 is 6.61 Å². The van der Waals surface area contributed by atoms with Crippen LogP contribution in [0.4, 0.5) is 8.78 Å². The molecule has 43 heavy (non-hydrogen) atoms. The van der Waals surface area contributed by atoms with Gasteiger partial charge < -0.3 is 14.2 Å². The summed E-state index contributed by atoms with van der Waals surface area (Å²) >= 11 is 0. The molecule has 0 radical (unpaired) electrons. The Morgan fingerprint density at radius 1 is 0.977 bits per heavy atom. The number of pyridine rings is 2. The molecule has 0 saturated carbocycles. The second kappa shape index (κ2) is 12.1. The monoisotopic (exact) mass is 589 g/mol. The highest BCUT2D eigenvalue weighted by Gasteiger charge is 2.22. The number of hydrogen-bond donors (Lipinski definition) is 0. The zero-order valence-corrected chi connectivity index (χ0v) is 24.2. The molecule has 11 heteroatoms. The Balaban J connectivity index is 1.37. The first kappa shape index (κ1) is 28.8. The van der Waals surface area contributed by atoms with Crippen LogP contribution in [0.25, 0.3) is 38.8 Å². The molecular weight excluding hydrogens is 556 g/mol. The van der Waals surface area contributed by atoms with Crippen LogP contribution in [-0.2, 0) is 11.3 Å². The van der Waals surface area contributed by atoms with Gasteiger partial charge in [-0.2, -0.15) is 18.9 Å². The van der Waals surface area contributed by atoms with E-state index in [1.807, 2.05) is 48.1 Å². The van der Waals surface area contributed by atoms with Crippen molar-refractivity contribution < 1.29 is 23.0 Å². The summed E-state index contributed by atoms with van der Waals surface area (Å²) in [5.74, 6) is 0.374.